The standard InChI is InChI=1S/C7H13N2/c1-7(8-2)9-5-3-4-6-9/h3H,4-6H2,1-2H3. The molecule has 51 valence electrons. The molecule has 0 amide bonds. The lowest BCUT2D eigenvalue weighted by Crippen LogP contribution is -2.24. The van der Waals surface area contributed by atoms with Gasteiger partial charge in [0.25, 0.3) is 0 Å². The molecule has 0 spiro atoms. The van der Waals surface area contributed by atoms with E-state index in [9.17, 15) is 0 Å². The Kier molecular flexibility index (Phi) is 2.09. The lowest BCUT2D eigenvalue weighted by molar-refractivity contribution is 0.523. The van der Waals surface area contributed by atoms with Crippen molar-refractivity contribution in [2.24, 2.45) is 4.99 Å². The highest BCUT2D eigenvalue weighted by Gasteiger charge is 2.11. The number of amidine groups is 1. The normalized spacial score (nSPS) is 21.1. The maximum absolute atomic E-state index is 4.09. The van der Waals surface area contributed by atoms with Crippen LogP contribution in [-0.4, -0.2) is 30.9 Å². The molecule has 0 bridgehead atoms. The highest BCUT2D eigenvalue weighted by molar-refractivity contribution is 5.79. The van der Waals surface area contributed by atoms with E-state index >= 15 is 0 Å². The molecule has 0 aromatic carbocycles. The molecular weight excluding hydrogens is 112 g/mol. The van der Waals surface area contributed by atoms with Gasteiger partial charge in [-0.1, -0.05) is 0 Å². The molecule has 1 rings (SSSR count). The fourth-order valence-electron chi connectivity index (χ4n) is 1.02. The maximum Gasteiger partial charge on any atom is 0.0954 e. The van der Waals surface area contributed by atoms with E-state index in [2.05, 4.69) is 23.2 Å². The molecule has 1 heterocycles. The van der Waals surface area contributed by atoms with Gasteiger partial charge in [-0.3, -0.25) is 4.99 Å². The summed E-state index contributed by atoms with van der Waals surface area (Å²) in [5, 5.41) is 0. The minimum Gasteiger partial charge on any atom is -0.360 e. The Morgan fingerprint density at radius 1 is 1.67 bits per heavy atom. The van der Waals surface area contributed by atoms with Crippen molar-refractivity contribution in [2.75, 3.05) is 20.1 Å². The van der Waals surface area contributed by atoms with Crippen molar-refractivity contribution >= 4 is 5.84 Å². The summed E-state index contributed by atoms with van der Waals surface area (Å²) < 4.78 is 0. The Morgan fingerprint density at radius 2 is 2.44 bits per heavy atom. The molecule has 0 unspecified atom stereocenters. The molecule has 0 saturated carbocycles. The molecule has 0 N–H and O–H groups in total. The Hall–Kier alpha value is -0.530. The zero-order chi connectivity index (χ0) is 6.69. The van der Waals surface area contributed by atoms with E-state index in [1.165, 1.54) is 6.42 Å². The molecule has 0 aromatic heterocycles. The number of rotatable bonds is 0. The number of hydrogen-bond acceptors (Lipinski definition) is 1. The van der Waals surface area contributed by atoms with Crippen LogP contribution >= 0.6 is 0 Å². The van der Waals surface area contributed by atoms with E-state index in [0.29, 0.717) is 0 Å². The fraction of sp³-hybridized carbons (Fsp3) is 0.714. The fourth-order valence-corrected chi connectivity index (χ4v) is 1.02. The summed E-state index contributed by atoms with van der Waals surface area (Å²) in [4.78, 5) is 6.37. The summed E-state index contributed by atoms with van der Waals surface area (Å²) in [5.74, 6) is 1.16. The van der Waals surface area contributed by atoms with Crippen LogP contribution in [0, 0.1) is 6.42 Å². The van der Waals surface area contributed by atoms with Gasteiger partial charge in [-0.25, -0.2) is 0 Å². The van der Waals surface area contributed by atoms with E-state index in [-0.39, 0.29) is 0 Å². The molecular formula is C7H13N2. The minimum absolute atomic E-state index is 1.09. The molecule has 1 saturated heterocycles. The van der Waals surface area contributed by atoms with Gasteiger partial charge >= 0.3 is 0 Å². The predicted octanol–water partition coefficient (Wildman–Crippen LogP) is 0.945. The first-order valence-corrected chi connectivity index (χ1v) is 3.34. The van der Waals surface area contributed by atoms with Crippen molar-refractivity contribution in [3.8, 4) is 0 Å². The van der Waals surface area contributed by atoms with Crippen LogP contribution in [0.4, 0.5) is 0 Å². The first-order chi connectivity index (χ1) is 4.34. The number of hydrogen-bond donors (Lipinski definition) is 0. The summed E-state index contributed by atoms with van der Waals surface area (Å²) in [6.45, 7) is 4.30. The quantitative estimate of drug-likeness (QED) is 0.347. The van der Waals surface area contributed by atoms with E-state index < -0.39 is 0 Å². The Balaban J connectivity index is 2.42. The van der Waals surface area contributed by atoms with Gasteiger partial charge in [0.1, 0.15) is 0 Å². The summed E-state index contributed by atoms with van der Waals surface area (Å²) in [5.41, 5.74) is 0. The Labute approximate surface area is 56.6 Å². The average Bonchev–Trinajstić information content (AvgIpc) is 2.37. The van der Waals surface area contributed by atoms with Crippen LogP contribution in [0.15, 0.2) is 4.99 Å². The third-order valence-electron chi connectivity index (χ3n) is 1.73. The van der Waals surface area contributed by atoms with Gasteiger partial charge < -0.3 is 4.90 Å². The Morgan fingerprint density at radius 3 is 2.89 bits per heavy atom. The molecule has 0 aromatic rings. The van der Waals surface area contributed by atoms with Gasteiger partial charge in [0.2, 0.25) is 0 Å². The Bertz CT molecular complexity index is 112. The molecule has 9 heavy (non-hydrogen) atoms. The predicted molar refractivity (Wildman–Crippen MR) is 39.5 cm³/mol. The van der Waals surface area contributed by atoms with Gasteiger partial charge in [-0.05, 0) is 19.8 Å². The SMILES string of the molecule is CN=C(C)N1C[CH]CC1. The number of aliphatic imine (C=N–C) groups is 1. The molecule has 0 atom stereocenters. The third kappa shape index (κ3) is 1.44. The minimum atomic E-state index is 1.09. The highest BCUT2D eigenvalue weighted by atomic mass is 15.2. The second-order valence-electron chi connectivity index (χ2n) is 2.29. The van der Waals surface area contributed by atoms with Crippen molar-refractivity contribution in [3.63, 3.8) is 0 Å². The summed E-state index contributed by atoms with van der Waals surface area (Å²) in [6, 6.07) is 0. The summed E-state index contributed by atoms with van der Waals surface area (Å²) in [7, 11) is 1.84. The summed E-state index contributed by atoms with van der Waals surface area (Å²) in [6.07, 6.45) is 3.50. The van der Waals surface area contributed by atoms with Gasteiger partial charge in [-0.2, -0.15) is 0 Å². The number of likely N-dealkylation sites (tertiary alicyclic amines) is 1. The van der Waals surface area contributed by atoms with Crippen molar-refractivity contribution in [3.05, 3.63) is 6.42 Å². The maximum atomic E-state index is 4.09. The molecule has 2 nitrogen and oxygen atoms in total. The zero-order valence-electron chi connectivity index (χ0n) is 6.09. The summed E-state index contributed by atoms with van der Waals surface area (Å²) >= 11 is 0. The van der Waals surface area contributed by atoms with Crippen LogP contribution in [0.5, 0.6) is 0 Å². The third-order valence-corrected chi connectivity index (χ3v) is 1.73. The van der Waals surface area contributed by atoms with E-state index in [1.54, 1.807) is 0 Å². The van der Waals surface area contributed by atoms with E-state index in [4.69, 9.17) is 0 Å². The lowest BCUT2D eigenvalue weighted by atomic mass is 10.4. The molecule has 2 heteroatoms. The molecule has 1 fully saturated rings. The van der Waals surface area contributed by atoms with Gasteiger partial charge in [-0.15, -0.1) is 0 Å². The largest absolute Gasteiger partial charge is 0.360 e. The van der Waals surface area contributed by atoms with Gasteiger partial charge in [0.05, 0.1) is 5.84 Å². The van der Waals surface area contributed by atoms with Crippen LogP contribution < -0.4 is 0 Å². The van der Waals surface area contributed by atoms with E-state index in [1.807, 2.05) is 7.05 Å². The van der Waals surface area contributed by atoms with Crippen LogP contribution in [-0.2, 0) is 0 Å². The lowest BCUT2D eigenvalue weighted by Gasteiger charge is -2.15. The second kappa shape index (κ2) is 2.85. The average molecular weight is 125 g/mol. The first kappa shape index (κ1) is 6.59. The van der Waals surface area contributed by atoms with Crippen molar-refractivity contribution < 1.29 is 0 Å². The smallest absolute Gasteiger partial charge is 0.0954 e. The van der Waals surface area contributed by atoms with Crippen molar-refractivity contribution in [1.29, 1.82) is 0 Å². The monoisotopic (exact) mass is 125 g/mol. The van der Waals surface area contributed by atoms with Crippen molar-refractivity contribution in [2.45, 2.75) is 13.3 Å². The highest BCUT2D eigenvalue weighted by Crippen LogP contribution is 2.06. The second-order valence-corrected chi connectivity index (χ2v) is 2.29. The molecule has 1 aliphatic rings. The van der Waals surface area contributed by atoms with Gasteiger partial charge in [0.15, 0.2) is 0 Å². The van der Waals surface area contributed by atoms with Crippen LogP contribution in [0.1, 0.15) is 13.3 Å². The van der Waals surface area contributed by atoms with Crippen molar-refractivity contribution in [1.82, 2.24) is 4.90 Å². The molecule has 1 aliphatic heterocycles. The molecule has 1 radical (unpaired) electrons. The van der Waals surface area contributed by atoms with E-state index in [0.717, 1.165) is 18.9 Å². The first-order valence-electron chi connectivity index (χ1n) is 3.34. The van der Waals surface area contributed by atoms with Crippen LogP contribution in [0.25, 0.3) is 0 Å². The van der Waals surface area contributed by atoms with Crippen LogP contribution in [0.2, 0.25) is 0 Å². The molecule has 0 aliphatic carbocycles. The topological polar surface area (TPSA) is 15.6 Å². The zero-order valence-corrected chi connectivity index (χ0v) is 6.09. The number of nitrogens with zero attached hydrogens (tertiary/aromatic N) is 2. The van der Waals surface area contributed by atoms with Gasteiger partial charge in [0, 0.05) is 20.1 Å². The van der Waals surface area contributed by atoms with Crippen LogP contribution in [0.3, 0.4) is 0 Å².